The van der Waals surface area contributed by atoms with Crippen LogP contribution in [-0.2, 0) is 4.79 Å². The van der Waals surface area contributed by atoms with E-state index in [-0.39, 0.29) is 12.0 Å². The number of thiophene rings is 1. The van der Waals surface area contributed by atoms with Crippen LogP contribution in [0.4, 0.5) is 0 Å². The second kappa shape index (κ2) is 8.76. The number of aliphatic carboxylic acids is 1. The van der Waals surface area contributed by atoms with Crippen molar-refractivity contribution in [2.45, 2.75) is 32.7 Å². The molecule has 0 aliphatic carbocycles. The van der Waals surface area contributed by atoms with Crippen molar-refractivity contribution in [3.05, 3.63) is 45.6 Å². The second-order valence-corrected chi connectivity index (χ2v) is 7.89. The summed E-state index contributed by atoms with van der Waals surface area (Å²) in [5, 5.41) is 11.6. The second-order valence-electron chi connectivity index (χ2n) is 6.94. The van der Waals surface area contributed by atoms with Crippen LogP contribution in [0.15, 0.2) is 29.6 Å². The summed E-state index contributed by atoms with van der Waals surface area (Å²) in [7, 11) is 1.65. The van der Waals surface area contributed by atoms with Crippen molar-refractivity contribution in [3.63, 3.8) is 0 Å². The fourth-order valence-electron chi connectivity index (χ4n) is 3.72. The van der Waals surface area contributed by atoms with Crippen LogP contribution in [0.1, 0.15) is 41.8 Å². The van der Waals surface area contributed by atoms with E-state index in [1.54, 1.807) is 18.4 Å². The Kier molecular flexibility index (Phi) is 6.39. The number of methoxy groups -OCH3 is 1. The molecule has 27 heavy (non-hydrogen) atoms. The Labute approximate surface area is 164 Å². The monoisotopic (exact) mass is 389 g/mol. The summed E-state index contributed by atoms with van der Waals surface area (Å²) >= 11 is 1.72. The van der Waals surface area contributed by atoms with Crippen molar-refractivity contribution in [2.75, 3.05) is 26.8 Å². The van der Waals surface area contributed by atoms with Gasteiger partial charge in [0, 0.05) is 11.4 Å². The van der Waals surface area contributed by atoms with Gasteiger partial charge in [-0.05, 0) is 67.9 Å². The van der Waals surface area contributed by atoms with Gasteiger partial charge in [0.15, 0.2) is 11.5 Å². The van der Waals surface area contributed by atoms with Crippen LogP contribution in [-0.4, -0.2) is 42.8 Å². The third-order valence-corrected chi connectivity index (χ3v) is 6.09. The fourth-order valence-corrected chi connectivity index (χ4v) is 4.78. The molecule has 0 amide bonds. The highest BCUT2D eigenvalue weighted by Crippen LogP contribution is 2.39. The maximum Gasteiger partial charge on any atom is 0.307 e. The Bertz CT molecular complexity index is 788. The van der Waals surface area contributed by atoms with Gasteiger partial charge in [-0.15, -0.1) is 11.3 Å². The smallest absolute Gasteiger partial charge is 0.307 e. The van der Waals surface area contributed by atoms with Gasteiger partial charge in [-0.2, -0.15) is 0 Å². The number of carboxylic acid groups (broad SMARTS) is 1. The maximum atomic E-state index is 11.6. The number of carboxylic acids is 1. The summed E-state index contributed by atoms with van der Waals surface area (Å²) in [5.74, 6) is 0.420. The van der Waals surface area contributed by atoms with Crippen LogP contribution >= 0.6 is 11.3 Å². The first kappa shape index (κ1) is 19.7. The zero-order chi connectivity index (χ0) is 19.4. The lowest BCUT2D eigenvalue weighted by atomic mass is 9.94. The minimum Gasteiger partial charge on any atom is -0.493 e. The highest BCUT2D eigenvalue weighted by molar-refractivity contribution is 7.10. The third kappa shape index (κ3) is 4.45. The van der Waals surface area contributed by atoms with Gasteiger partial charge in [0.05, 0.1) is 25.7 Å². The number of piperidine rings is 1. The van der Waals surface area contributed by atoms with E-state index in [0.29, 0.717) is 18.9 Å². The summed E-state index contributed by atoms with van der Waals surface area (Å²) < 4.78 is 11.2. The molecule has 146 valence electrons. The van der Waals surface area contributed by atoms with Crippen molar-refractivity contribution in [1.29, 1.82) is 0 Å². The molecule has 1 aromatic carbocycles. The topological polar surface area (TPSA) is 59.0 Å². The molecule has 1 aliphatic heterocycles. The molecule has 3 rings (SSSR count). The SMILES string of the molecule is CCOc1ccc(C(c2cc(C)cs2)N2CCCC(C(=O)O)C2)cc1OC. The highest BCUT2D eigenvalue weighted by Gasteiger charge is 2.32. The molecule has 0 spiro atoms. The van der Waals surface area contributed by atoms with E-state index in [1.165, 1.54) is 10.4 Å². The lowest BCUT2D eigenvalue weighted by Crippen LogP contribution is -2.41. The number of hydrogen-bond acceptors (Lipinski definition) is 5. The predicted molar refractivity (Wildman–Crippen MR) is 107 cm³/mol. The summed E-state index contributed by atoms with van der Waals surface area (Å²) in [6.45, 7) is 6.07. The number of likely N-dealkylation sites (tertiary alicyclic amines) is 1. The van der Waals surface area contributed by atoms with Crippen molar-refractivity contribution >= 4 is 17.3 Å². The van der Waals surface area contributed by atoms with Crippen LogP contribution in [0.25, 0.3) is 0 Å². The first-order valence-electron chi connectivity index (χ1n) is 9.36. The number of benzene rings is 1. The minimum atomic E-state index is -0.704. The number of rotatable bonds is 7. The predicted octanol–water partition coefficient (Wildman–Crippen LogP) is 4.35. The first-order valence-corrected chi connectivity index (χ1v) is 10.2. The lowest BCUT2D eigenvalue weighted by molar-refractivity contribution is -0.143. The van der Waals surface area contributed by atoms with Crippen LogP contribution in [0, 0.1) is 12.8 Å². The zero-order valence-electron chi connectivity index (χ0n) is 16.1. The van der Waals surface area contributed by atoms with Gasteiger partial charge in [-0.25, -0.2) is 0 Å². The standard InChI is InChI=1S/C21H27NO4S/c1-4-26-17-8-7-15(11-18(17)25-3)20(19-10-14(2)13-27-19)22-9-5-6-16(12-22)21(23)24/h7-8,10-11,13,16,20H,4-6,9,12H2,1-3H3,(H,23,24). The van der Waals surface area contributed by atoms with Gasteiger partial charge in [0.2, 0.25) is 0 Å². The fraction of sp³-hybridized carbons (Fsp3) is 0.476. The Morgan fingerprint density at radius 2 is 2.19 bits per heavy atom. The quantitative estimate of drug-likeness (QED) is 0.763. The van der Waals surface area contributed by atoms with E-state index in [9.17, 15) is 9.90 Å². The average molecular weight is 390 g/mol. The number of hydrogen-bond donors (Lipinski definition) is 1. The molecule has 2 atom stereocenters. The van der Waals surface area contributed by atoms with Gasteiger partial charge in [-0.3, -0.25) is 9.69 Å². The van der Waals surface area contributed by atoms with E-state index in [2.05, 4.69) is 29.3 Å². The Hall–Kier alpha value is -2.05. The molecule has 1 aliphatic rings. The molecule has 6 heteroatoms. The normalized spacial score (nSPS) is 18.9. The lowest BCUT2D eigenvalue weighted by Gasteiger charge is -2.37. The minimum absolute atomic E-state index is 0.0235. The van der Waals surface area contributed by atoms with E-state index in [4.69, 9.17) is 9.47 Å². The van der Waals surface area contributed by atoms with Crippen LogP contribution in [0.2, 0.25) is 0 Å². The molecule has 1 aromatic heterocycles. The number of carbonyl (C=O) groups is 1. The molecule has 2 heterocycles. The van der Waals surface area contributed by atoms with Crippen molar-refractivity contribution < 1.29 is 19.4 Å². The average Bonchev–Trinajstić information content (AvgIpc) is 3.09. The molecule has 0 bridgehead atoms. The number of nitrogens with zero attached hydrogens (tertiary/aromatic N) is 1. The van der Waals surface area contributed by atoms with Crippen molar-refractivity contribution in [1.82, 2.24) is 4.90 Å². The van der Waals surface area contributed by atoms with Gasteiger partial charge in [-0.1, -0.05) is 6.07 Å². The summed E-state index contributed by atoms with van der Waals surface area (Å²) in [6, 6.07) is 8.26. The molecule has 2 unspecified atom stereocenters. The van der Waals surface area contributed by atoms with Gasteiger partial charge in [0.25, 0.3) is 0 Å². The largest absolute Gasteiger partial charge is 0.493 e. The van der Waals surface area contributed by atoms with Gasteiger partial charge in [0.1, 0.15) is 0 Å². The van der Waals surface area contributed by atoms with E-state index in [0.717, 1.165) is 30.7 Å². The summed E-state index contributed by atoms with van der Waals surface area (Å²) in [5.41, 5.74) is 2.33. The molecular weight excluding hydrogens is 362 g/mol. The molecule has 0 radical (unpaired) electrons. The van der Waals surface area contributed by atoms with Gasteiger partial charge >= 0.3 is 5.97 Å². The van der Waals surface area contributed by atoms with E-state index >= 15 is 0 Å². The molecule has 0 saturated carbocycles. The Balaban J connectivity index is 1.99. The molecule has 5 nitrogen and oxygen atoms in total. The first-order chi connectivity index (χ1) is 13.0. The molecule has 1 N–H and O–H groups in total. The van der Waals surface area contributed by atoms with Crippen molar-refractivity contribution in [2.24, 2.45) is 5.92 Å². The number of ether oxygens (including phenoxy) is 2. The molecule has 1 saturated heterocycles. The maximum absolute atomic E-state index is 11.6. The third-order valence-electron chi connectivity index (χ3n) is 4.99. The van der Waals surface area contributed by atoms with Gasteiger partial charge < -0.3 is 14.6 Å². The van der Waals surface area contributed by atoms with Crippen LogP contribution in [0.3, 0.4) is 0 Å². The van der Waals surface area contributed by atoms with Crippen LogP contribution < -0.4 is 9.47 Å². The Morgan fingerprint density at radius 3 is 2.81 bits per heavy atom. The van der Waals surface area contributed by atoms with E-state index in [1.807, 2.05) is 19.1 Å². The van der Waals surface area contributed by atoms with E-state index < -0.39 is 5.97 Å². The highest BCUT2D eigenvalue weighted by atomic mass is 32.1. The van der Waals surface area contributed by atoms with Crippen molar-refractivity contribution in [3.8, 4) is 11.5 Å². The molecule has 1 fully saturated rings. The summed E-state index contributed by atoms with van der Waals surface area (Å²) in [6.07, 6.45) is 1.64. The Morgan fingerprint density at radius 1 is 1.37 bits per heavy atom. The number of aryl methyl sites for hydroxylation is 1. The van der Waals surface area contributed by atoms with Crippen LogP contribution in [0.5, 0.6) is 11.5 Å². The molecule has 2 aromatic rings. The molecular formula is C21H27NO4S. The zero-order valence-corrected chi connectivity index (χ0v) is 16.9. The summed E-state index contributed by atoms with van der Waals surface area (Å²) in [4.78, 5) is 15.1.